The molecule has 0 spiro atoms. The Kier molecular flexibility index (Phi) is 4.73. The molecule has 0 bridgehead atoms. The van der Waals surface area contributed by atoms with Crippen molar-refractivity contribution in [3.63, 3.8) is 0 Å². The molecule has 2 aromatic carbocycles. The number of fused-ring (bicyclic) bond motifs is 2. The van der Waals surface area contributed by atoms with Gasteiger partial charge in [-0.1, -0.05) is 12.1 Å². The van der Waals surface area contributed by atoms with E-state index in [2.05, 4.69) is 4.90 Å². The van der Waals surface area contributed by atoms with Crippen LogP contribution in [0.1, 0.15) is 5.56 Å². The Bertz CT molecular complexity index is 1010. The molecule has 3 aromatic rings. The van der Waals surface area contributed by atoms with E-state index in [4.69, 9.17) is 18.6 Å². The summed E-state index contributed by atoms with van der Waals surface area (Å²) in [5, 5.41) is 0.897. The topological polar surface area (TPSA) is 61.1 Å². The summed E-state index contributed by atoms with van der Waals surface area (Å²) >= 11 is 0. The van der Waals surface area contributed by atoms with Crippen molar-refractivity contribution >= 4 is 11.0 Å². The second-order valence-corrected chi connectivity index (χ2v) is 6.65. The number of hydrogen-bond acceptors (Lipinski definition) is 6. The first-order valence-corrected chi connectivity index (χ1v) is 8.80. The first kappa shape index (κ1) is 17.4. The van der Waals surface area contributed by atoms with Crippen LogP contribution in [0.25, 0.3) is 11.0 Å². The first-order valence-electron chi connectivity index (χ1n) is 8.80. The maximum absolute atomic E-state index is 11.9. The van der Waals surface area contributed by atoms with Crippen LogP contribution in [0.2, 0.25) is 0 Å². The van der Waals surface area contributed by atoms with Crippen molar-refractivity contribution in [1.29, 1.82) is 0 Å². The monoisotopic (exact) mass is 367 g/mol. The molecule has 0 fully saturated rings. The second-order valence-electron chi connectivity index (χ2n) is 6.65. The van der Waals surface area contributed by atoms with E-state index in [-0.39, 0.29) is 11.7 Å². The van der Waals surface area contributed by atoms with Crippen LogP contribution < -0.4 is 19.8 Å². The summed E-state index contributed by atoms with van der Waals surface area (Å²) in [4.78, 5) is 14.1. The molecule has 0 aliphatic carbocycles. The highest BCUT2D eigenvalue weighted by Gasteiger charge is 2.22. The molecule has 27 heavy (non-hydrogen) atoms. The summed E-state index contributed by atoms with van der Waals surface area (Å²) in [6, 6.07) is 14.7. The van der Waals surface area contributed by atoms with E-state index in [1.54, 1.807) is 19.2 Å². The number of ether oxygens (including phenoxy) is 3. The number of hydrogen-bond donors (Lipinski definition) is 0. The van der Waals surface area contributed by atoms with Gasteiger partial charge in [-0.05, 0) is 36.9 Å². The summed E-state index contributed by atoms with van der Waals surface area (Å²) in [7, 11) is 3.58. The van der Waals surface area contributed by atoms with Gasteiger partial charge >= 0.3 is 5.63 Å². The molecule has 1 aliphatic rings. The number of para-hydroxylation sites is 2. The lowest BCUT2D eigenvalue weighted by atomic mass is 10.1. The Labute approximate surface area is 156 Å². The molecule has 6 nitrogen and oxygen atoms in total. The molecule has 2 heterocycles. The number of methoxy groups -OCH3 is 1. The molecule has 0 saturated heterocycles. The Balaban J connectivity index is 1.50. The normalized spacial score (nSPS) is 15.9. The molecule has 0 saturated carbocycles. The van der Waals surface area contributed by atoms with E-state index >= 15 is 0 Å². The van der Waals surface area contributed by atoms with Gasteiger partial charge in [-0.25, -0.2) is 4.79 Å². The molecule has 0 radical (unpaired) electrons. The summed E-state index contributed by atoms with van der Waals surface area (Å²) in [5.41, 5.74) is 1.06. The van der Waals surface area contributed by atoms with Crippen LogP contribution in [0.3, 0.4) is 0 Å². The molecule has 1 aromatic heterocycles. The van der Waals surface area contributed by atoms with Crippen LogP contribution in [0.4, 0.5) is 0 Å². The van der Waals surface area contributed by atoms with Crippen LogP contribution in [0, 0.1) is 0 Å². The van der Waals surface area contributed by atoms with E-state index in [9.17, 15) is 4.79 Å². The second kappa shape index (κ2) is 7.32. The van der Waals surface area contributed by atoms with Crippen LogP contribution in [-0.2, 0) is 6.54 Å². The lowest BCUT2D eigenvalue weighted by Crippen LogP contribution is -2.39. The minimum Gasteiger partial charge on any atom is -0.497 e. The van der Waals surface area contributed by atoms with Crippen molar-refractivity contribution in [3.8, 4) is 17.2 Å². The third-order valence-corrected chi connectivity index (χ3v) is 4.56. The number of likely N-dealkylation sites (N-methyl/N-ethyl adjacent to an activating group) is 1. The molecule has 0 N–H and O–H groups in total. The van der Waals surface area contributed by atoms with Gasteiger partial charge in [0, 0.05) is 30.6 Å². The fraction of sp³-hybridized carbons (Fsp3) is 0.286. The molecule has 140 valence electrons. The highest BCUT2D eigenvalue weighted by atomic mass is 16.6. The highest BCUT2D eigenvalue weighted by molar-refractivity contribution is 5.81. The maximum atomic E-state index is 11.9. The minimum atomic E-state index is -0.370. The average molecular weight is 367 g/mol. The molecule has 0 amide bonds. The van der Waals surface area contributed by atoms with Gasteiger partial charge in [-0.2, -0.15) is 0 Å². The lowest BCUT2D eigenvalue weighted by molar-refractivity contribution is 0.0639. The van der Waals surface area contributed by atoms with Gasteiger partial charge in [0.1, 0.15) is 24.0 Å². The van der Waals surface area contributed by atoms with Gasteiger partial charge in [-0.15, -0.1) is 0 Å². The van der Waals surface area contributed by atoms with Crippen molar-refractivity contribution in [1.82, 2.24) is 4.90 Å². The number of rotatable bonds is 5. The van der Waals surface area contributed by atoms with E-state index in [0.717, 1.165) is 22.4 Å². The molecular formula is C21H21NO5. The van der Waals surface area contributed by atoms with Crippen molar-refractivity contribution in [3.05, 3.63) is 64.5 Å². The van der Waals surface area contributed by atoms with Gasteiger partial charge in [0.05, 0.1) is 7.11 Å². The van der Waals surface area contributed by atoms with Crippen molar-refractivity contribution in [2.75, 3.05) is 27.3 Å². The van der Waals surface area contributed by atoms with E-state index in [1.807, 2.05) is 43.4 Å². The van der Waals surface area contributed by atoms with Gasteiger partial charge in [0.2, 0.25) is 0 Å². The van der Waals surface area contributed by atoms with Gasteiger partial charge in [-0.3, -0.25) is 4.90 Å². The molecule has 1 atom stereocenters. The van der Waals surface area contributed by atoms with E-state index in [1.165, 1.54) is 0 Å². The Morgan fingerprint density at radius 1 is 1.15 bits per heavy atom. The zero-order valence-corrected chi connectivity index (χ0v) is 15.3. The maximum Gasteiger partial charge on any atom is 0.336 e. The third kappa shape index (κ3) is 3.75. The van der Waals surface area contributed by atoms with Crippen molar-refractivity contribution in [2.45, 2.75) is 12.6 Å². The Hall–Kier alpha value is -2.99. The average Bonchev–Trinajstić information content (AvgIpc) is 2.67. The third-order valence-electron chi connectivity index (χ3n) is 4.56. The smallest absolute Gasteiger partial charge is 0.336 e. The predicted molar refractivity (Wildman–Crippen MR) is 102 cm³/mol. The zero-order valence-electron chi connectivity index (χ0n) is 15.3. The quantitative estimate of drug-likeness (QED) is 0.646. The van der Waals surface area contributed by atoms with Crippen LogP contribution in [0.15, 0.2) is 57.7 Å². The fourth-order valence-electron chi connectivity index (χ4n) is 3.32. The fourth-order valence-corrected chi connectivity index (χ4v) is 3.32. The van der Waals surface area contributed by atoms with Crippen LogP contribution in [-0.4, -0.2) is 38.3 Å². The molecule has 0 unspecified atom stereocenters. The van der Waals surface area contributed by atoms with Gasteiger partial charge in [0.15, 0.2) is 11.5 Å². The molecule has 6 heteroatoms. The van der Waals surface area contributed by atoms with Crippen molar-refractivity contribution < 1.29 is 18.6 Å². The van der Waals surface area contributed by atoms with Crippen LogP contribution in [0.5, 0.6) is 17.2 Å². The largest absolute Gasteiger partial charge is 0.497 e. The molecule has 1 aliphatic heterocycles. The lowest BCUT2D eigenvalue weighted by Gasteiger charge is -2.29. The summed E-state index contributed by atoms with van der Waals surface area (Å²) in [6.45, 7) is 1.76. The van der Waals surface area contributed by atoms with Gasteiger partial charge in [0.25, 0.3) is 0 Å². The number of benzene rings is 2. The van der Waals surface area contributed by atoms with Crippen molar-refractivity contribution in [2.24, 2.45) is 0 Å². The SMILES string of the molecule is COc1ccc2c(CN(C)C[C@@H]3COc4ccccc4O3)cc(=O)oc2c1. The van der Waals surface area contributed by atoms with Gasteiger partial charge < -0.3 is 18.6 Å². The standard InChI is InChI=1S/C21H21NO5/c1-22(12-16-13-25-18-5-3-4-6-19(18)26-16)11-14-9-21(23)27-20-10-15(24-2)7-8-17(14)20/h3-10,16H,11-13H2,1-2H3/t16-/m1/s1. The first-order chi connectivity index (χ1) is 13.1. The Morgan fingerprint density at radius 2 is 1.96 bits per heavy atom. The van der Waals surface area contributed by atoms with E-state index in [0.29, 0.717) is 31.0 Å². The van der Waals surface area contributed by atoms with Crippen LogP contribution >= 0.6 is 0 Å². The predicted octanol–water partition coefficient (Wildman–Crippen LogP) is 3.07. The molecule has 4 rings (SSSR count). The Morgan fingerprint density at radius 3 is 2.78 bits per heavy atom. The summed E-state index contributed by atoms with van der Waals surface area (Å²) in [5.74, 6) is 2.19. The highest BCUT2D eigenvalue weighted by Crippen LogP contribution is 2.31. The summed E-state index contributed by atoms with van der Waals surface area (Å²) in [6.07, 6.45) is -0.0728. The minimum absolute atomic E-state index is 0.0728. The van der Waals surface area contributed by atoms with E-state index < -0.39 is 0 Å². The zero-order chi connectivity index (χ0) is 18.8. The molecular weight excluding hydrogens is 346 g/mol. The number of nitrogens with zero attached hydrogens (tertiary/aromatic N) is 1. The summed E-state index contributed by atoms with van der Waals surface area (Å²) < 4.78 is 22.3.